The molecule has 1 saturated carbocycles. The second-order valence-electron chi connectivity index (χ2n) is 9.46. The minimum atomic E-state index is -6.19. The maximum absolute atomic E-state index is 13.2. The minimum absolute atomic E-state index is 0.154. The molecule has 1 aliphatic carbocycles. The summed E-state index contributed by atoms with van der Waals surface area (Å²) in [5, 5.41) is 28.9. The Hall–Kier alpha value is -1.88. The van der Waals surface area contributed by atoms with Gasteiger partial charge >= 0.3 is 13.8 Å². The number of rotatable bonds is 7. The molecule has 0 amide bonds. The largest absolute Gasteiger partial charge is 0.417 e. The quantitative estimate of drug-likeness (QED) is 0.293. The summed E-state index contributed by atoms with van der Waals surface area (Å²) in [6, 6.07) is 0.154. The number of nitrogens with one attached hydrogen (secondary N) is 1. The molecule has 18 heteroatoms. The lowest BCUT2D eigenvalue weighted by Gasteiger charge is -2.23. The predicted molar refractivity (Wildman–Crippen MR) is 122 cm³/mol. The molecule has 2 aromatic rings. The van der Waals surface area contributed by atoms with Gasteiger partial charge in [0.25, 0.3) is 4.99 Å². The number of alkyl halides is 3. The molecule has 13 nitrogen and oxygen atoms in total. The number of aliphatic hydroxyl groups excluding tert-OH is 2. The van der Waals surface area contributed by atoms with Gasteiger partial charge in [0.1, 0.15) is 30.0 Å². The average Bonchev–Trinajstić information content (AvgIpc) is 3.39. The topological polar surface area (TPSA) is 197 Å². The molecule has 0 aromatic carbocycles. The van der Waals surface area contributed by atoms with Crippen molar-refractivity contribution >= 4 is 34.3 Å². The maximum Gasteiger partial charge on any atom is 0.417 e. The third kappa shape index (κ3) is 5.48. The highest BCUT2D eigenvalue weighted by Crippen LogP contribution is 2.52. The molecule has 2 aliphatic rings. The van der Waals surface area contributed by atoms with Crippen LogP contribution in [0.2, 0.25) is 0 Å². The molecule has 3 heterocycles. The van der Waals surface area contributed by atoms with Crippen molar-refractivity contribution in [1.82, 2.24) is 19.7 Å². The highest BCUT2D eigenvalue weighted by Gasteiger charge is 2.60. The summed E-state index contributed by atoms with van der Waals surface area (Å²) in [5.41, 5.74) is 0.156. The zero-order chi connectivity index (χ0) is 27.5. The molecule has 208 valence electrons. The summed E-state index contributed by atoms with van der Waals surface area (Å²) in [5.74, 6) is -0.429. The Morgan fingerprint density at radius 2 is 1.92 bits per heavy atom. The molecule has 0 spiro atoms. The summed E-state index contributed by atoms with van der Waals surface area (Å²) in [7, 11) is -11.8. The van der Waals surface area contributed by atoms with Gasteiger partial charge in [0, 0.05) is 6.04 Å². The first kappa shape index (κ1) is 28.1. The van der Waals surface area contributed by atoms with Crippen molar-refractivity contribution < 1.29 is 50.9 Å². The number of anilines is 1. The van der Waals surface area contributed by atoms with Crippen molar-refractivity contribution in [2.24, 2.45) is 5.92 Å². The lowest BCUT2D eigenvalue weighted by Crippen LogP contribution is -2.43. The lowest BCUT2D eigenvalue weighted by molar-refractivity contribution is -0.118. The summed E-state index contributed by atoms with van der Waals surface area (Å²) >= 11 is 0. The SMILES string of the molecule is Cc1nc(NC2CCCC2C)c2cnn([C@@H]3O[C@H](CS(=O)(=O)C(C(F)(F)F)P(=O)(O)O)[C@@H](O)[C@H]3O)c2n1. The van der Waals surface area contributed by atoms with Crippen LogP contribution in [0.4, 0.5) is 19.0 Å². The van der Waals surface area contributed by atoms with Crippen LogP contribution in [0.1, 0.15) is 38.2 Å². The van der Waals surface area contributed by atoms with E-state index in [2.05, 4.69) is 27.3 Å². The first-order chi connectivity index (χ1) is 17.0. The molecular weight excluding hydrogens is 546 g/mol. The molecule has 37 heavy (non-hydrogen) atoms. The number of hydrogen-bond acceptors (Lipinski definition) is 10. The number of aryl methyl sites for hydroxylation is 1. The Labute approximate surface area is 209 Å². The Morgan fingerprint density at radius 1 is 1.24 bits per heavy atom. The van der Waals surface area contributed by atoms with E-state index in [1.54, 1.807) is 6.92 Å². The van der Waals surface area contributed by atoms with E-state index < -0.39 is 58.9 Å². The highest BCUT2D eigenvalue weighted by molar-refractivity contribution is 7.98. The molecule has 0 bridgehead atoms. The standard InChI is InChI=1S/C19H27F3N5O8PS/c1-8-4-3-5-11(8)26-15-10-6-23-27(16(10)25-9(2)24-15)17-14(29)13(28)12(35-17)7-37(33,34)18(19(20,21)22)36(30,31)32/h6,8,11-14,17-18,28-29H,3-5,7H2,1-2H3,(H,24,25,26)(H2,30,31,32)/t8?,11?,12-,13-,14-,17-,18?/m1/s1. The number of aliphatic hydroxyl groups is 2. The van der Waals surface area contributed by atoms with Crippen LogP contribution in [0.25, 0.3) is 11.0 Å². The number of halogens is 3. The van der Waals surface area contributed by atoms with Crippen molar-refractivity contribution in [3.8, 4) is 0 Å². The van der Waals surface area contributed by atoms with Crippen LogP contribution < -0.4 is 5.32 Å². The summed E-state index contributed by atoms with van der Waals surface area (Å²) in [4.78, 5) is 22.8. The smallest absolute Gasteiger partial charge is 0.387 e. The number of sulfone groups is 1. The van der Waals surface area contributed by atoms with Crippen molar-refractivity contribution in [3.05, 3.63) is 12.0 Å². The van der Waals surface area contributed by atoms with Crippen molar-refractivity contribution in [3.63, 3.8) is 0 Å². The van der Waals surface area contributed by atoms with Crippen LogP contribution in [0.3, 0.4) is 0 Å². The van der Waals surface area contributed by atoms with Crippen molar-refractivity contribution in [2.75, 3.05) is 11.1 Å². The van der Waals surface area contributed by atoms with E-state index in [4.69, 9.17) is 14.5 Å². The minimum Gasteiger partial charge on any atom is -0.387 e. The van der Waals surface area contributed by atoms with E-state index in [1.165, 1.54) is 6.20 Å². The van der Waals surface area contributed by atoms with Gasteiger partial charge in [0.05, 0.1) is 17.3 Å². The molecule has 1 aliphatic heterocycles. The Bertz CT molecular complexity index is 1320. The van der Waals surface area contributed by atoms with Crippen LogP contribution >= 0.6 is 7.60 Å². The average molecular weight is 573 g/mol. The van der Waals surface area contributed by atoms with Gasteiger partial charge < -0.3 is 30.1 Å². The predicted octanol–water partition coefficient (Wildman–Crippen LogP) is 0.835. The molecule has 5 N–H and O–H groups in total. The fraction of sp³-hybridized carbons (Fsp3) is 0.737. The first-order valence-corrected chi connectivity index (χ1v) is 14.7. The zero-order valence-electron chi connectivity index (χ0n) is 19.6. The molecule has 4 rings (SSSR count). The Kier molecular flexibility index (Phi) is 7.38. The maximum atomic E-state index is 13.2. The second-order valence-corrected chi connectivity index (χ2v) is 13.6. The van der Waals surface area contributed by atoms with E-state index in [-0.39, 0.29) is 11.7 Å². The van der Waals surface area contributed by atoms with Gasteiger partial charge in [-0.25, -0.2) is 23.1 Å². The Balaban J connectivity index is 1.63. The fourth-order valence-corrected chi connectivity index (χ4v) is 8.50. The van der Waals surface area contributed by atoms with Crippen LogP contribution in [-0.4, -0.2) is 89.4 Å². The van der Waals surface area contributed by atoms with Crippen LogP contribution in [0.5, 0.6) is 0 Å². The monoisotopic (exact) mass is 573 g/mol. The van der Waals surface area contributed by atoms with Crippen molar-refractivity contribution in [1.29, 1.82) is 0 Å². The molecule has 7 atom stereocenters. The number of nitrogens with zero attached hydrogens (tertiary/aromatic N) is 4. The molecule has 3 unspecified atom stereocenters. The molecular formula is C19H27F3N5O8PS. The van der Waals surface area contributed by atoms with Gasteiger partial charge in [-0.3, -0.25) is 4.57 Å². The van der Waals surface area contributed by atoms with Crippen LogP contribution in [0.15, 0.2) is 6.20 Å². The molecule has 1 saturated heterocycles. The second kappa shape index (κ2) is 9.70. The van der Waals surface area contributed by atoms with E-state index in [9.17, 15) is 36.4 Å². The first-order valence-electron chi connectivity index (χ1n) is 11.3. The summed E-state index contributed by atoms with van der Waals surface area (Å²) in [6.45, 7) is 3.71. The van der Waals surface area contributed by atoms with Gasteiger partial charge in [-0.1, -0.05) is 13.3 Å². The number of fused-ring (bicyclic) bond motifs is 1. The number of ether oxygens (including phenoxy) is 1. The highest BCUT2D eigenvalue weighted by atomic mass is 32.2. The fourth-order valence-electron chi connectivity index (χ4n) is 4.86. The Morgan fingerprint density at radius 3 is 2.49 bits per heavy atom. The van der Waals surface area contributed by atoms with E-state index in [0.717, 1.165) is 23.9 Å². The summed E-state index contributed by atoms with van der Waals surface area (Å²) in [6.07, 6.45) is -8.74. The molecule has 2 fully saturated rings. The van der Waals surface area contributed by atoms with Crippen LogP contribution in [0, 0.1) is 12.8 Å². The van der Waals surface area contributed by atoms with Gasteiger partial charge in [-0.05, 0) is 25.7 Å². The van der Waals surface area contributed by atoms with E-state index >= 15 is 0 Å². The van der Waals surface area contributed by atoms with Crippen LogP contribution in [-0.2, 0) is 19.1 Å². The van der Waals surface area contributed by atoms with Gasteiger partial charge in [0.15, 0.2) is 21.7 Å². The number of hydrogen-bond donors (Lipinski definition) is 5. The van der Waals surface area contributed by atoms with E-state index in [0.29, 0.717) is 22.9 Å². The van der Waals surface area contributed by atoms with Gasteiger partial charge in [-0.15, -0.1) is 0 Å². The third-order valence-corrected chi connectivity index (χ3v) is 11.1. The number of aromatic nitrogens is 4. The third-order valence-electron chi connectivity index (χ3n) is 6.65. The lowest BCUT2D eigenvalue weighted by atomic mass is 10.1. The van der Waals surface area contributed by atoms with Crippen molar-refractivity contribution in [2.45, 2.75) is 74.9 Å². The molecule has 0 radical (unpaired) electrons. The normalized spacial score (nSPS) is 30.2. The summed E-state index contributed by atoms with van der Waals surface area (Å²) < 4.78 is 82.2. The zero-order valence-corrected chi connectivity index (χ0v) is 21.4. The molecule has 2 aromatic heterocycles. The van der Waals surface area contributed by atoms with E-state index in [1.807, 2.05) is 0 Å². The van der Waals surface area contributed by atoms with Gasteiger partial charge in [0.2, 0.25) is 0 Å². The van der Waals surface area contributed by atoms with Gasteiger partial charge in [-0.2, -0.15) is 18.3 Å².